The monoisotopic (exact) mass is 399 g/mol. The van der Waals surface area contributed by atoms with Crippen LogP contribution in [-0.4, -0.2) is 14.8 Å². The average Bonchev–Trinajstić information content (AvgIpc) is 3.01. The predicted octanol–water partition coefficient (Wildman–Crippen LogP) is 5.60. The number of nitrogens with zero attached hydrogens (tertiary/aromatic N) is 3. The van der Waals surface area contributed by atoms with Gasteiger partial charge in [0.05, 0.1) is 16.2 Å². The third kappa shape index (κ3) is 2.88. The fourth-order valence-corrected chi connectivity index (χ4v) is 3.19. The Morgan fingerprint density at radius 2 is 1.83 bits per heavy atom. The summed E-state index contributed by atoms with van der Waals surface area (Å²) in [4.78, 5) is 0. The number of rotatable bonds is 3. The van der Waals surface area contributed by atoms with Crippen molar-refractivity contribution in [1.82, 2.24) is 14.8 Å². The van der Waals surface area contributed by atoms with E-state index < -0.39 is 0 Å². The standard InChI is InChI=1S/C18H11BrClN3O/c19-15-10-13(20)6-9-17(15)24-14-7-8-16-18(21-22-23(16)11-14)12-4-2-1-3-5-12/h1-11H. The van der Waals surface area contributed by atoms with E-state index in [9.17, 15) is 0 Å². The zero-order chi connectivity index (χ0) is 16.5. The summed E-state index contributed by atoms with van der Waals surface area (Å²) in [7, 11) is 0. The lowest BCUT2D eigenvalue weighted by Crippen LogP contribution is -1.91. The zero-order valence-electron chi connectivity index (χ0n) is 12.4. The summed E-state index contributed by atoms with van der Waals surface area (Å²) in [5.74, 6) is 1.34. The maximum Gasteiger partial charge on any atom is 0.145 e. The average molecular weight is 401 g/mol. The van der Waals surface area contributed by atoms with E-state index in [2.05, 4.69) is 26.2 Å². The largest absolute Gasteiger partial charge is 0.455 e. The lowest BCUT2D eigenvalue weighted by molar-refractivity contribution is 0.475. The molecule has 0 aliphatic rings. The molecule has 0 N–H and O–H groups in total. The smallest absolute Gasteiger partial charge is 0.145 e. The van der Waals surface area contributed by atoms with Gasteiger partial charge in [-0.3, -0.25) is 0 Å². The highest BCUT2D eigenvalue weighted by molar-refractivity contribution is 9.10. The molecule has 0 aliphatic heterocycles. The minimum Gasteiger partial charge on any atom is -0.455 e. The first-order valence-corrected chi connectivity index (χ1v) is 8.41. The van der Waals surface area contributed by atoms with Gasteiger partial charge in [-0.2, -0.15) is 0 Å². The van der Waals surface area contributed by atoms with Crippen LogP contribution < -0.4 is 4.74 Å². The molecule has 0 unspecified atom stereocenters. The van der Waals surface area contributed by atoms with Crippen molar-refractivity contribution in [3.05, 3.63) is 76.4 Å². The molecular formula is C18H11BrClN3O. The van der Waals surface area contributed by atoms with Gasteiger partial charge in [-0.25, -0.2) is 4.52 Å². The van der Waals surface area contributed by atoms with Crippen LogP contribution in [0.2, 0.25) is 5.02 Å². The van der Waals surface area contributed by atoms with Crippen molar-refractivity contribution in [3.8, 4) is 22.8 Å². The van der Waals surface area contributed by atoms with Crippen molar-refractivity contribution < 1.29 is 4.74 Å². The molecule has 0 fully saturated rings. The third-order valence-corrected chi connectivity index (χ3v) is 4.41. The van der Waals surface area contributed by atoms with E-state index in [4.69, 9.17) is 16.3 Å². The highest BCUT2D eigenvalue weighted by Gasteiger charge is 2.10. The maximum absolute atomic E-state index is 5.95. The van der Waals surface area contributed by atoms with Crippen LogP contribution in [0.15, 0.2) is 71.3 Å². The Kier molecular flexibility index (Phi) is 3.96. The normalized spacial score (nSPS) is 10.9. The van der Waals surface area contributed by atoms with E-state index in [0.29, 0.717) is 16.5 Å². The summed E-state index contributed by atoms with van der Waals surface area (Å²) in [5, 5.41) is 9.11. The van der Waals surface area contributed by atoms with Crippen LogP contribution in [0.1, 0.15) is 0 Å². The fraction of sp³-hybridized carbons (Fsp3) is 0. The van der Waals surface area contributed by atoms with Gasteiger partial charge in [-0.05, 0) is 46.3 Å². The number of ether oxygens (including phenoxy) is 1. The summed E-state index contributed by atoms with van der Waals surface area (Å²) in [6.07, 6.45) is 1.80. The first kappa shape index (κ1) is 15.2. The minimum atomic E-state index is 0.647. The van der Waals surface area contributed by atoms with Gasteiger partial charge in [0.25, 0.3) is 0 Å². The van der Waals surface area contributed by atoms with Gasteiger partial charge in [0.1, 0.15) is 17.2 Å². The second kappa shape index (κ2) is 6.26. The lowest BCUT2D eigenvalue weighted by Gasteiger charge is -2.08. The maximum atomic E-state index is 5.95. The molecule has 2 aromatic carbocycles. The van der Waals surface area contributed by atoms with Crippen molar-refractivity contribution in [2.45, 2.75) is 0 Å². The summed E-state index contributed by atoms with van der Waals surface area (Å²) < 4.78 is 8.39. The molecule has 0 spiro atoms. The highest BCUT2D eigenvalue weighted by atomic mass is 79.9. The van der Waals surface area contributed by atoms with Crippen LogP contribution in [-0.2, 0) is 0 Å². The molecule has 0 atom stereocenters. The summed E-state index contributed by atoms with van der Waals surface area (Å²) in [6, 6.07) is 19.2. The zero-order valence-corrected chi connectivity index (χ0v) is 14.7. The van der Waals surface area contributed by atoms with E-state index in [1.807, 2.05) is 48.5 Å². The molecule has 0 saturated carbocycles. The van der Waals surface area contributed by atoms with Crippen molar-refractivity contribution in [1.29, 1.82) is 0 Å². The quantitative estimate of drug-likeness (QED) is 0.449. The predicted molar refractivity (Wildman–Crippen MR) is 97.6 cm³/mol. The number of hydrogen-bond acceptors (Lipinski definition) is 3. The van der Waals surface area contributed by atoms with Crippen LogP contribution in [0.5, 0.6) is 11.5 Å². The molecule has 0 amide bonds. The van der Waals surface area contributed by atoms with E-state index in [-0.39, 0.29) is 0 Å². The number of benzene rings is 2. The topological polar surface area (TPSA) is 39.4 Å². The van der Waals surface area contributed by atoms with Gasteiger partial charge in [0.2, 0.25) is 0 Å². The molecule has 4 nitrogen and oxygen atoms in total. The minimum absolute atomic E-state index is 0.647. The second-order valence-electron chi connectivity index (χ2n) is 5.18. The molecule has 24 heavy (non-hydrogen) atoms. The SMILES string of the molecule is Clc1ccc(Oc2ccc3c(-c4ccccc4)nnn3c2)c(Br)c1. The first-order valence-electron chi connectivity index (χ1n) is 7.24. The van der Waals surface area contributed by atoms with Crippen molar-refractivity contribution >= 4 is 33.0 Å². The summed E-state index contributed by atoms with van der Waals surface area (Å²) in [5.41, 5.74) is 2.79. The van der Waals surface area contributed by atoms with Crippen LogP contribution in [0, 0.1) is 0 Å². The molecule has 4 rings (SSSR count). The van der Waals surface area contributed by atoms with E-state index in [1.54, 1.807) is 22.8 Å². The van der Waals surface area contributed by atoms with Crippen molar-refractivity contribution in [2.75, 3.05) is 0 Å². The molecule has 0 saturated heterocycles. The first-order chi connectivity index (χ1) is 11.7. The second-order valence-corrected chi connectivity index (χ2v) is 6.47. The van der Waals surface area contributed by atoms with Gasteiger partial charge in [-0.15, -0.1) is 5.10 Å². The van der Waals surface area contributed by atoms with Gasteiger partial charge in [-0.1, -0.05) is 47.1 Å². The van der Waals surface area contributed by atoms with Gasteiger partial charge < -0.3 is 4.74 Å². The molecular weight excluding hydrogens is 390 g/mol. The van der Waals surface area contributed by atoms with Crippen molar-refractivity contribution in [3.63, 3.8) is 0 Å². The Balaban J connectivity index is 1.70. The number of hydrogen-bond donors (Lipinski definition) is 0. The van der Waals surface area contributed by atoms with Gasteiger partial charge >= 0.3 is 0 Å². The number of aromatic nitrogens is 3. The fourth-order valence-electron chi connectivity index (χ4n) is 2.42. The lowest BCUT2D eigenvalue weighted by atomic mass is 10.1. The van der Waals surface area contributed by atoms with Crippen LogP contribution in [0.3, 0.4) is 0 Å². The molecule has 118 valence electrons. The Morgan fingerprint density at radius 3 is 2.62 bits per heavy atom. The highest BCUT2D eigenvalue weighted by Crippen LogP contribution is 2.32. The van der Waals surface area contributed by atoms with E-state index in [1.165, 1.54) is 0 Å². The molecule has 4 aromatic rings. The summed E-state index contributed by atoms with van der Waals surface area (Å²) in [6.45, 7) is 0. The Hall–Kier alpha value is -2.37. The third-order valence-electron chi connectivity index (χ3n) is 3.55. The van der Waals surface area contributed by atoms with Gasteiger partial charge in [0.15, 0.2) is 0 Å². The number of fused-ring (bicyclic) bond motifs is 1. The molecule has 2 heterocycles. The number of halogens is 2. The van der Waals surface area contributed by atoms with Crippen LogP contribution in [0.4, 0.5) is 0 Å². The Labute approximate surface area is 151 Å². The van der Waals surface area contributed by atoms with E-state index >= 15 is 0 Å². The van der Waals surface area contributed by atoms with Crippen LogP contribution in [0.25, 0.3) is 16.8 Å². The van der Waals surface area contributed by atoms with Crippen molar-refractivity contribution in [2.24, 2.45) is 0 Å². The van der Waals surface area contributed by atoms with Crippen LogP contribution >= 0.6 is 27.5 Å². The Bertz CT molecular complexity index is 1020. The molecule has 0 bridgehead atoms. The molecule has 2 aromatic heterocycles. The van der Waals surface area contributed by atoms with E-state index in [0.717, 1.165) is 21.2 Å². The molecule has 0 radical (unpaired) electrons. The number of pyridine rings is 1. The molecule has 0 aliphatic carbocycles. The van der Waals surface area contributed by atoms with Gasteiger partial charge in [0, 0.05) is 10.6 Å². The Morgan fingerprint density at radius 1 is 1.00 bits per heavy atom. The molecule has 6 heteroatoms. The summed E-state index contributed by atoms with van der Waals surface area (Å²) >= 11 is 9.40.